The summed E-state index contributed by atoms with van der Waals surface area (Å²) < 4.78 is 0. The number of anilines is 2. The van der Waals surface area contributed by atoms with Gasteiger partial charge in [0.25, 0.3) is 5.91 Å². The monoisotopic (exact) mass is 355 g/mol. The van der Waals surface area contributed by atoms with Crippen LogP contribution in [0.5, 0.6) is 0 Å². The van der Waals surface area contributed by atoms with E-state index in [1.807, 2.05) is 0 Å². The van der Waals surface area contributed by atoms with Gasteiger partial charge in [-0.25, -0.2) is 9.88 Å². The van der Waals surface area contributed by atoms with Gasteiger partial charge >= 0.3 is 11.5 Å². The Morgan fingerprint density at radius 3 is 2.57 bits per heavy atom. The lowest BCUT2D eigenvalue weighted by Crippen LogP contribution is -2.34. The maximum atomic E-state index is 12.1. The van der Waals surface area contributed by atoms with Gasteiger partial charge in [-0.15, -0.1) is 0 Å². The Morgan fingerprint density at radius 1 is 1.30 bits per heavy atom. The number of nitrogens with one attached hydrogen (secondary N) is 2. The Balaban J connectivity index is 2.13. The number of benzene rings is 1. The minimum Gasteiger partial charge on any atom is -0.320 e. The highest BCUT2D eigenvalue weighted by molar-refractivity contribution is 6.39. The Hall–Kier alpha value is -2.38. The zero-order valence-electron chi connectivity index (χ0n) is 12.0. The molecule has 1 heterocycles. The second-order valence-electron chi connectivity index (χ2n) is 4.66. The molecule has 0 saturated heterocycles. The Kier molecular flexibility index (Phi) is 5.36. The number of nitro groups is 1. The predicted octanol–water partition coefficient (Wildman–Crippen LogP) is 2.79. The minimum atomic E-state index is -0.523. The van der Waals surface area contributed by atoms with Crippen molar-refractivity contribution in [2.45, 2.75) is 0 Å². The summed E-state index contributed by atoms with van der Waals surface area (Å²) in [6.07, 6.45) is 1.54. The standard InChI is InChI=1S/C14H12Cl2N4O3/c1-19(14-11(20(22)23)6-3-7-17-14)8-12(21)18-13-9(15)4-2-5-10(13)16/h2-7H,8H2,1H3,(H,18,21)/p+1. The summed E-state index contributed by atoms with van der Waals surface area (Å²) in [6, 6.07) is 7.73. The fourth-order valence-electron chi connectivity index (χ4n) is 1.96. The molecule has 2 N–H and O–H groups in total. The van der Waals surface area contributed by atoms with E-state index in [0.29, 0.717) is 15.7 Å². The molecular weight excluding hydrogens is 343 g/mol. The van der Waals surface area contributed by atoms with Crippen molar-refractivity contribution in [2.75, 3.05) is 23.8 Å². The summed E-state index contributed by atoms with van der Waals surface area (Å²) in [5.74, 6) is -0.188. The number of H-pyrrole nitrogens is 1. The van der Waals surface area contributed by atoms with Crippen LogP contribution in [0.1, 0.15) is 0 Å². The number of amides is 1. The number of hydrogen-bond acceptors (Lipinski definition) is 4. The number of aromatic nitrogens is 1. The van der Waals surface area contributed by atoms with E-state index in [1.54, 1.807) is 31.4 Å². The summed E-state index contributed by atoms with van der Waals surface area (Å²) in [5, 5.41) is 14.2. The van der Waals surface area contributed by atoms with Crippen LogP contribution in [-0.2, 0) is 4.79 Å². The summed E-state index contributed by atoms with van der Waals surface area (Å²) >= 11 is 12.0. The third kappa shape index (κ3) is 4.08. The second-order valence-corrected chi connectivity index (χ2v) is 5.48. The Bertz CT molecular complexity index is 734. The molecular formula is C14H13Cl2N4O3+. The molecule has 1 aromatic heterocycles. The minimum absolute atomic E-state index is 0.122. The molecule has 7 nitrogen and oxygen atoms in total. The lowest BCUT2D eigenvalue weighted by molar-refractivity contribution is -0.411. The van der Waals surface area contributed by atoms with Crippen molar-refractivity contribution in [1.82, 2.24) is 0 Å². The van der Waals surface area contributed by atoms with Crippen LogP contribution in [0.3, 0.4) is 0 Å². The van der Waals surface area contributed by atoms with E-state index >= 15 is 0 Å². The van der Waals surface area contributed by atoms with Crippen LogP contribution in [0, 0.1) is 10.1 Å². The molecule has 23 heavy (non-hydrogen) atoms. The fourth-order valence-corrected chi connectivity index (χ4v) is 2.45. The molecule has 2 aromatic rings. The van der Waals surface area contributed by atoms with Gasteiger partial charge in [0, 0.05) is 6.07 Å². The van der Waals surface area contributed by atoms with E-state index in [2.05, 4.69) is 10.3 Å². The molecule has 0 atom stereocenters. The summed E-state index contributed by atoms with van der Waals surface area (Å²) in [6.45, 7) is -0.122. The van der Waals surface area contributed by atoms with Gasteiger partial charge in [-0.1, -0.05) is 29.3 Å². The second kappa shape index (κ2) is 7.26. The molecule has 9 heteroatoms. The quantitative estimate of drug-likeness (QED) is 0.659. The molecule has 0 fully saturated rings. The van der Waals surface area contributed by atoms with Crippen LogP contribution in [0.4, 0.5) is 17.2 Å². The molecule has 0 aliphatic heterocycles. The van der Waals surface area contributed by atoms with Gasteiger partial charge in [0.2, 0.25) is 0 Å². The van der Waals surface area contributed by atoms with Crippen molar-refractivity contribution in [3.8, 4) is 0 Å². The molecule has 0 radical (unpaired) electrons. The topological polar surface area (TPSA) is 89.6 Å². The number of likely N-dealkylation sites (N-methyl/N-ethyl adjacent to an activating group) is 1. The highest BCUT2D eigenvalue weighted by Crippen LogP contribution is 2.29. The van der Waals surface area contributed by atoms with Crippen LogP contribution in [0.2, 0.25) is 10.0 Å². The van der Waals surface area contributed by atoms with Crippen molar-refractivity contribution in [1.29, 1.82) is 0 Å². The van der Waals surface area contributed by atoms with Gasteiger partial charge in [0.15, 0.2) is 6.54 Å². The van der Waals surface area contributed by atoms with Gasteiger partial charge in [-0.05, 0) is 18.2 Å². The average Bonchev–Trinajstić information content (AvgIpc) is 2.51. The first-order chi connectivity index (χ1) is 10.9. The van der Waals surface area contributed by atoms with Gasteiger partial charge in [0.1, 0.15) is 0 Å². The van der Waals surface area contributed by atoms with Crippen LogP contribution in [0.15, 0.2) is 36.5 Å². The van der Waals surface area contributed by atoms with E-state index in [-0.39, 0.29) is 18.1 Å². The molecule has 1 aromatic carbocycles. The van der Waals surface area contributed by atoms with Crippen LogP contribution >= 0.6 is 23.2 Å². The predicted molar refractivity (Wildman–Crippen MR) is 88.0 cm³/mol. The smallest absolute Gasteiger partial charge is 0.320 e. The number of nitrogens with zero attached hydrogens (tertiary/aromatic N) is 2. The zero-order valence-corrected chi connectivity index (χ0v) is 13.6. The third-order valence-electron chi connectivity index (χ3n) is 3.00. The number of hydrogen-bond donors (Lipinski definition) is 1. The summed E-state index contributed by atoms with van der Waals surface area (Å²) in [7, 11) is 1.56. The Labute approximate surface area is 142 Å². The van der Waals surface area contributed by atoms with E-state index < -0.39 is 10.8 Å². The largest absolute Gasteiger partial charge is 0.357 e. The van der Waals surface area contributed by atoms with E-state index in [1.165, 1.54) is 17.0 Å². The van der Waals surface area contributed by atoms with Gasteiger partial charge in [-0.2, -0.15) is 0 Å². The number of carbonyl (C=O) groups excluding carboxylic acids is 1. The summed E-state index contributed by atoms with van der Waals surface area (Å²) in [4.78, 5) is 26.8. The lowest BCUT2D eigenvalue weighted by atomic mass is 10.3. The van der Waals surface area contributed by atoms with E-state index in [4.69, 9.17) is 23.2 Å². The molecule has 0 saturated carbocycles. The number of carbonyl (C=O) groups is 1. The van der Waals surface area contributed by atoms with Crippen molar-refractivity contribution in [2.24, 2.45) is 0 Å². The first kappa shape index (κ1) is 17.0. The van der Waals surface area contributed by atoms with Gasteiger partial charge < -0.3 is 5.32 Å². The molecule has 120 valence electrons. The molecule has 0 bridgehead atoms. The molecule has 2 rings (SSSR count). The average molecular weight is 356 g/mol. The molecule has 0 aliphatic carbocycles. The van der Waals surface area contributed by atoms with Crippen molar-refractivity contribution >= 4 is 46.3 Å². The lowest BCUT2D eigenvalue weighted by Gasteiger charge is -2.12. The number of halogens is 2. The first-order valence-corrected chi connectivity index (χ1v) is 7.26. The molecule has 0 aliphatic rings. The number of pyridine rings is 1. The maximum absolute atomic E-state index is 12.1. The van der Waals surface area contributed by atoms with Crippen molar-refractivity contribution in [3.05, 3.63) is 56.7 Å². The zero-order chi connectivity index (χ0) is 17.0. The van der Waals surface area contributed by atoms with Gasteiger partial charge in [-0.3, -0.25) is 14.9 Å². The highest BCUT2D eigenvalue weighted by Gasteiger charge is 2.26. The third-order valence-corrected chi connectivity index (χ3v) is 3.63. The number of rotatable bonds is 5. The fraction of sp³-hybridized carbons (Fsp3) is 0.143. The van der Waals surface area contributed by atoms with Gasteiger partial charge in [0.05, 0.1) is 33.9 Å². The van der Waals surface area contributed by atoms with Crippen molar-refractivity contribution < 1.29 is 14.7 Å². The molecule has 0 spiro atoms. The summed E-state index contributed by atoms with van der Waals surface area (Å²) in [5.41, 5.74) is 0.180. The van der Waals surface area contributed by atoms with E-state index in [9.17, 15) is 14.9 Å². The van der Waals surface area contributed by atoms with E-state index in [0.717, 1.165) is 0 Å². The van der Waals surface area contributed by atoms with Crippen LogP contribution in [0.25, 0.3) is 0 Å². The maximum Gasteiger partial charge on any atom is 0.357 e. The molecule has 0 unspecified atom stereocenters. The molecule has 1 amide bonds. The SMILES string of the molecule is CN(CC(=O)Nc1c(Cl)cccc1Cl)c1[nH+]cccc1[N+](=O)[O-]. The van der Waals surface area contributed by atoms with Crippen LogP contribution < -0.4 is 15.2 Å². The Morgan fingerprint density at radius 2 is 1.96 bits per heavy atom. The first-order valence-electron chi connectivity index (χ1n) is 6.50. The highest BCUT2D eigenvalue weighted by atomic mass is 35.5. The number of aromatic amines is 1. The van der Waals surface area contributed by atoms with Crippen LogP contribution in [-0.4, -0.2) is 24.4 Å². The normalized spacial score (nSPS) is 10.2. The van der Waals surface area contributed by atoms with Crippen molar-refractivity contribution in [3.63, 3.8) is 0 Å². The number of para-hydroxylation sites is 1.